The van der Waals surface area contributed by atoms with Crippen molar-refractivity contribution < 1.29 is 13.9 Å². The Kier molecular flexibility index (Phi) is 8.49. The Balaban J connectivity index is 2.07. The standard InChI is InChI=1S/C26H31FN4O2/c1-5-30(15-16-33-4)26-28-17-22(24(29-26)21-13-9-10-14-23(21)27)25(32)31(19(2)3)18-20-11-7-6-8-12-20/h6-14,17,19H,5,15-16,18H2,1-4H3. The Morgan fingerprint density at radius 3 is 2.42 bits per heavy atom. The van der Waals surface area contributed by atoms with Gasteiger partial charge in [-0.15, -0.1) is 0 Å². The largest absolute Gasteiger partial charge is 0.383 e. The van der Waals surface area contributed by atoms with E-state index in [0.29, 0.717) is 32.2 Å². The van der Waals surface area contributed by atoms with E-state index < -0.39 is 5.82 Å². The molecule has 2 aromatic carbocycles. The molecule has 0 saturated heterocycles. The zero-order valence-electron chi connectivity index (χ0n) is 19.7. The Hall–Kier alpha value is -3.32. The van der Waals surface area contributed by atoms with Gasteiger partial charge in [0.1, 0.15) is 5.82 Å². The van der Waals surface area contributed by atoms with Crippen LogP contribution in [0.25, 0.3) is 11.3 Å². The summed E-state index contributed by atoms with van der Waals surface area (Å²) in [6.07, 6.45) is 1.52. The Morgan fingerprint density at radius 1 is 1.09 bits per heavy atom. The third kappa shape index (κ3) is 5.93. The van der Waals surface area contributed by atoms with Crippen molar-refractivity contribution in [2.45, 2.75) is 33.4 Å². The van der Waals surface area contributed by atoms with E-state index in [2.05, 4.69) is 9.97 Å². The van der Waals surface area contributed by atoms with Crippen LogP contribution >= 0.6 is 0 Å². The number of amides is 1. The van der Waals surface area contributed by atoms with Crippen LogP contribution in [0, 0.1) is 5.82 Å². The Bertz CT molecular complexity index is 1060. The summed E-state index contributed by atoms with van der Waals surface area (Å²) in [4.78, 5) is 26.5. The quantitative estimate of drug-likeness (QED) is 0.444. The monoisotopic (exact) mass is 450 g/mol. The van der Waals surface area contributed by atoms with Crippen molar-refractivity contribution in [1.82, 2.24) is 14.9 Å². The first-order valence-electron chi connectivity index (χ1n) is 11.2. The first kappa shape index (κ1) is 24.3. The number of methoxy groups -OCH3 is 1. The second-order valence-electron chi connectivity index (χ2n) is 8.00. The minimum Gasteiger partial charge on any atom is -0.383 e. The zero-order valence-corrected chi connectivity index (χ0v) is 19.7. The van der Waals surface area contributed by atoms with E-state index >= 15 is 0 Å². The molecule has 33 heavy (non-hydrogen) atoms. The van der Waals surface area contributed by atoms with Gasteiger partial charge in [0.25, 0.3) is 5.91 Å². The molecule has 0 radical (unpaired) electrons. The lowest BCUT2D eigenvalue weighted by Gasteiger charge is -2.28. The SMILES string of the molecule is CCN(CCOC)c1ncc(C(=O)N(Cc2ccccc2)C(C)C)c(-c2ccccc2F)n1. The minimum absolute atomic E-state index is 0.0697. The fourth-order valence-corrected chi connectivity index (χ4v) is 3.56. The number of anilines is 1. The molecule has 3 rings (SSSR count). The summed E-state index contributed by atoms with van der Waals surface area (Å²) in [5.41, 5.74) is 1.85. The van der Waals surface area contributed by atoms with Gasteiger partial charge in [-0.1, -0.05) is 42.5 Å². The molecular weight excluding hydrogens is 419 g/mol. The van der Waals surface area contributed by atoms with Gasteiger partial charge in [-0.05, 0) is 38.5 Å². The predicted octanol–water partition coefficient (Wildman–Crippen LogP) is 4.81. The van der Waals surface area contributed by atoms with Crippen LogP contribution in [-0.2, 0) is 11.3 Å². The summed E-state index contributed by atoms with van der Waals surface area (Å²) < 4.78 is 20.0. The summed E-state index contributed by atoms with van der Waals surface area (Å²) >= 11 is 0. The number of hydrogen-bond donors (Lipinski definition) is 0. The highest BCUT2D eigenvalue weighted by Gasteiger charge is 2.26. The number of benzene rings is 2. The van der Waals surface area contributed by atoms with Gasteiger partial charge in [0, 0.05) is 44.5 Å². The van der Waals surface area contributed by atoms with E-state index in [4.69, 9.17) is 4.74 Å². The molecule has 0 unspecified atom stereocenters. The van der Waals surface area contributed by atoms with Crippen molar-refractivity contribution in [2.75, 3.05) is 31.7 Å². The van der Waals surface area contributed by atoms with E-state index in [-0.39, 0.29) is 28.8 Å². The van der Waals surface area contributed by atoms with E-state index in [1.165, 1.54) is 12.3 Å². The number of likely N-dealkylation sites (N-methyl/N-ethyl adjacent to an activating group) is 1. The smallest absolute Gasteiger partial charge is 0.258 e. The highest BCUT2D eigenvalue weighted by molar-refractivity contribution is 6.00. The highest BCUT2D eigenvalue weighted by atomic mass is 19.1. The number of hydrogen-bond acceptors (Lipinski definition) is 5. The summed E-state index contributed by atoms with van der Waals surface area (Å²) in [6.45, 7) is 8.09. The maximum atomic E-state index is 14.8. The molecule has 1 heterocycles. The molecule has 0 aliphatic carbocycles. The topological polar surface area (TPSA) is 58.6 Å². The second kappa shape index (κ2) is 11.5. The lowest BCUT2D eigenvalue weighted by Crippen LogP contribution is -2.37. The van der Waals surface area contributed by atoms with E-state index in [9.17, 15) is 9.18 Å². The van der Waals surface area contributed by atoms with Gasteiger partial charge in [-0.25, -0.2) is 14.4 Å². The van der Waals surface area contributed by atoms with Gasteiger partial charge in [0.05, 0.1) is 17.9 Å². The number of nitrogens with zero attached hydrogens (tertiary/aromatic N) is 4. The van der Waals surface area contributed by atoms with Gasteiger partial charge in [0.2, 0.25) is 5.95 Å². The van der Waals surface area contributed by atoms with E-state index in [0.717, 1.165) is 5.56 Å². The first-order chi connectivity index (χ1) is 16.0. The van der Waals surface area contributed by atoms with Crippen molar-refractivity contribution in [3.63, 3.8) is 0 Å². The molecule has 0 aliphatic rings. The molecule has 7 heteroatoms. The minimum atomic E-state index is -0.435. The van der Waals surface area contributed by atoms with Crippen molar-refractivity contribution in [1.29, 1.82) is 0 Å². The molecule has 3 aromatic rings. The highest BCUT2D eigenvalue weighted by Crippen LogP contribution is 2.28. The molecule has 1 aromatic heterocycles. The number of carbonyl (C=O) groups excluding carboxylic acids is 1. The molecular formula is C26H31FN4O2. The molecule has 0 saturated carbocycles. The van der Waals surface area contributed by atoms with Crippen LogP contribution < -0.4 is 4.90 Å². The van der Waals surface area contributed by atoms with Crippen LogP contribution in [0.15, 0.2) is 60.8 Å². The fraction of sp³-hybridized carbons (Fsp3) is 0.346. The van der Waals surface area contributed by atoms with Crippen LogP contribution in [0.5, 0.6) is 0 Å². The maximum absolute atomic E-state index is 14.8. The summed E-state index contributed by atoms with van der Waals surface area (Å²) in [7, 11) is 1.63. The summed E-state index contributed by atoms with van der Waals surface area (Å²) in [6, 6.07) is 16.1. The number of carbonyl (C=O) groups is 1. The third-order valence-electron chi connectivity index (χ3n) is 5.45. The third-order valence-corrected chi connectivity index (χ3v) is 5.45. The van der Waals surface area contributed by atoms with Crippen LogP contribution in [0.4, 0.5) is 10.3 Å². The van der Waals surface area contributed by atoms with Gasteiger partial charge in [0.15, 0.2) is 0 Å². The van der Waals surface area contributed by atoms with Crippen LogP contribution in [0.1, 0.15) is 36.7 Å². The fourth-order valence-electron chi connectivity index (χ4n) is 3.56. The lowest BCUT2D eigenvalue weighted by molar-refractivity contribution is 0.0690. The molecule has 0 N–H and O–H groups in total. The summed E-state index contributed by atoms with van der Waals surface area (Å²) in [5, 5.41) is 0. The first-order valence-corrected chi connectivity index (χ1v) is 11.2. The van der Waals surface area contributed by atoms with Crippen molar-refractivity contribution >= 4 is 11.9 Å². The predicted molar refractivity (Wildman–Crippen MR) is 129 cm³/mol. The molecule has 174 valence electrons. The van der Waals surface area contributed by atoms with Crippen molar-refractivity contribution in [2.24, 2.45) is 0 Å². The molecule has 0 bridgehead atoms. The van der Waals surface area contributed by atoms with Crippen molar-refractivity contribution in [3.8, 4) is 11.3 Å². The molecule has 0 spiro atoms. The Morgan fingerprint density at radius 2 is 1.79 bits per heavy atom. The lowest BCUT2D eigenvalue weighted by atomic mass is 10.0. The maximum Gasteiger partial charge on any atom is 0.258 e. The normalized spacial score (nSPS) is 11.0. The molecule has 0 atom stereocenters. The van der Waals surface area contributed by atoms with Crippen LogP contribution in [-0.4, -0.2) is 53.6 Å². The van der Waals surface area contributed by atoms with E-state index in [1.807, 2.05) is 56.0 Å². The molecule has 6 nitrogen and oxygen atoms in total. The average Bonchev–Trinajstić information content (AvgIpc) is 2.83. The van der Waals surface area contributed by atoms with Gasteiger partial charge in [-0.2, -0.15) is 0 Å². The molecule has 0 aliphatic heterocycles. The van der Waals surface area contributed by atoms with Gasteiger partial charge in [-0.3, -0.25) is 4.79 Å². The number of halogens is 1. The Labute approximate surface area is 195 Å². The van der Waals surface area contributed by atoms with Crippen LogP contribution in [0.2, 0.25) is 0 Å². The summed E-state index contributed by atoms with van der Waals surface area (Å²) in [5.74, 6) is -0.239. The average molecular weight is 451 g/mol. The van der Waals surface area contributed by atoms with E-state index in [1.54, 1.807) is 30.2 Å². The second-order valence-corrected chi connectivity index (χ2v) is 8.00. The van der Waals surface area contributed by atoms with Crippen LogP contribution in [0.3, 0.4) is 0 Å². The number of ether oxygens (including phenoxy) is 1. The zero-order chi connectivity index (χ0) is 23.8. The van der Waals surface area contributed by atoms with Gasteiger partial charge < -0.3 is 14.5 Å². The van der Waals surface area contributed by atoms with Crippen molar-refractivity contribution in [3.05, 3.63) is 77.7 Å². The molecule has 0 fully saturated rings. The van der Waals surface area contributed by atoms with Gasteiger partial charge >= 0.3 is 0 Å². The number of aromatic nitrogens is 2. The molecule has 1 amide bonds. The number of rotatable bonds is 10.